The van der Waals surface area contributed by atoms with Gasteiger partial charge in [-0.3, -0.25) is 14.6 Å². The van der Waals surface area contributed by atoms with Gasteiger partial charge in [-0.05, 0) is 67.9 Å². The smallest absolute Gasteiger partial charge is 0.306 e. The van der Waals surface area contributed by atoms with Crippen molar-refractivity contribution in [2.45, 2.75) is 45.8 Å². The van der Waals surface area contributed by atoms with Crippen LogP contribution < -0.4 is 5.32 Å². The van der Waals surface area contributed by atoms with Crippen LogP contribution in [0.1, 0.15) is 37.8 Å². The Morgan fingerprint density at radius 1 is 1.13 bits per heavy atom. The quantitative estimate of drug-likeness (QED) is 0.483. The minimum atomic E-state index is -0.195. The Morgan fingerprint density at radius 3 is 2.42 bits per heavy atom. The molecule has 8 heteroatoms. The number of anilines is 1. The van der Waals surface area contributed by atoms with Crippen molar-refractivity contribution in [3.05, 3.63) is 64.7 Å². The third-order valence-corrected chi connectivity index (χ3v) is 5.35. The van der Waals surface area contributed by atoms with Gasteiger partial charge in [0, 0.05) is 23.6 Å². The lowest BCUT2D eigenvalue weighted by Gasteiger charge is -2.30. The second-order valence-corrected chi connectivity index (χ2v) is 8.44. The number of hydrogen-bond donors (Lipinski definition) is 1. The topological polar surface area (TPSA) is 61.9 Å². The largest absolute Gasteiger partial charge is 0.463 e. The zero-order chi connectivity index (χ0) is 22.4. The molecular weight excluding hydrogens is 434 g/mol. The van der Waals surface area contributed by atoms with E-state index in [2.05, 4.69) is 5.32 Å². The van der Waals surface area contributed by atoms with E-state index in [0.717, 1.165) is 16.8 Å². The molecule has 1 N–H and O–H groups in total. The van der Waals surface area contributed by atoms with Crippen molar-refractivity contribution < 1.29 is 14.3 Å². The monoisotopic (exact) mass is 459 g/mol. The normalized spacial score (nSPS) is 13.6. The first kappa shape index (κ1) is 23.0. The van der Waals surface area contributed by atoms with Crippen LogP contribution in [0.4, 0.5) is 5.69 Å². The number of halogens is 1. The summed E-state index contributed by atoms with van der Waals surface area (Å²) in [5, 5.41) is 7.73. The summed E-state index contributed by atoms with van der Waals surface area (Å²) in [6, 6.07) is 15.2. The molecule has 0 aliphatic carbocycles. The number of hydrogen-bond acceptors (Lipinski definition) is 4. The predicted molar refractivity (Wildman–Crippen MR) is 126 cm³/mol. The first-order chi connectivity index (χ1) is 14.8. The van der Waals surface area contributed by atoms with E-state index in [1.165, 1.54) is 0 Å². The maximum atomic E-state index is 12.5. The van der Waals surface area contributed by atoms with Crippen LogP contribution >= 0.6 is 23.8 Å². The zero-order valence-corrected chi connectivity index (χ0v) is 19.2. The number of nitrogens with zero attached hydrogens (tertiary/aromatic N) is 2. The van der Waals surface area contributed by atoms with Gasteiger partial charge >= 0.3 is 5.97 Å². The lowest BCUT2D eigenvalue weighted by atomic mass is 10.1. The molecule has 1 aliphatic rings. The molecule has 0 atom stereocenters. The van der Waals surface area contributed by atoms with E-state index in [-0.39, 0.29) is 18.0 Å². The minimum absolute atomic E-state index is 0.0285. The molecule has 164 valence electrons. The number of hydrazine groups is 1. The molecule has 1 aliphatic heterocycles. The first-order valence-corrected chi connectivity index (χ1v) is 11.0. The molecule has 1 saturated heterocycles. The van der Waals surface area contributed by atoms with E-state index in [9.17, 15) is 9.59 Å². The van der Waals surface area contributed by atoms with Gasteiger partial charge < -0.3 is 10.1 Å². The van der Waals surface area contributed by atoms with Gasteiger partial charge in [-0.25, -0.2) is 5.01 Å². The molecule has 6 nitrogen and oxygen atoms in total. The summed E-state index contributed by atoms with van der Waals surface area (Å²) in [6.45, 7) is 4.64. The van der Waals surface area contributed by atoms with Crippen LogP contribution in [-0.2, 0) is 27.3 Å². The van der Waals surface area contributed by atoms with E-state index >= 15 is 0 Å². The van der Waals surface area contributed by atoms with E-state index in [1.807, 2.05) is 50.2 Å². The van der Waals surface area contributed by atoms with Crippen LogP contribution in [0.5, 0.6) is 0 Å². The first-order valence-electron chi connectivity index (χ1n) is 10.2. The van der Waals surface area contributed by atoms with Crippen molar-refractivity contribution in [3.8, 4) is 0 Å². The minimum Gasteiger partial charge on any atom is -0.463 e. The van der Waals surface area contributed by atoms with Gasteiger partial charge in [0.2, 0.25) is 5.91 Å². The summed E-state index contributed by atoms with van der Waals surface area (Å²) in [6.07, 6.45) is 1.28. The Balaban J connectivity index is 1.58. The molecule has 2 aromatic carbocycles. The van der Waals surface area contributed by atoms with Gasteiger partial charge in [0.25, 0.3) is 0 Å². The number of amides is 1. The average molecular weight is 460 g/mol. The lowest BCUT2D eigenvalue weighted by molar-refractivity contribution is -0.147. The van der Waals surface area contributed by atoms with Crippen molar-refractivity contribution in [2.24, 2.45) is 0 Å². The highest BCUT2D eigenvalue weighted by Crippen LogP contribution is 2.20. The van der Waals surface area contributed by atoms with Crippen LogP contribution in [-0.4, -0.2) is 39.7 Å². The van der Waals surface area contributed by atoms with E-state index in [1.54, 1.807) is 22.2 Å². The van der Waals surface area contributed by atoms with Crippen LogP contribution in [0.3, 0.4) is 0 Å². The third kappa shape index (κ3) is 6.67. The highest BCUT2D eigenvalue weighted by atomic mass is 35.5. The number of benzene rings is 2. The molecule has 0 saturated carbocycles. The van der Waals surface area contributed by atoms with Gasteiger partial charge in [-0.2, -0.15) is 0 Å². The molecular formula is C23H26ClN3O3S. The SMILES string of the molecule is CC(C)OC(=O)CCc1ccc(CN2C(=O)CCN2C(=S)Nc2ccc(Cl)cc2)cc1. The Kier molecular flexibility index (Phi) is 7.87. The Morgan fingerprint density at radius 2 is 1.77 bits per heavy atom. The van der Waals surface area contributed by atoms with Crippen LogP contribution in [0, 0.1) is 0 Å². The van der Waals surface area contributed by atoms with Crippen molar-refractivity contribution >= 4 is 46.5 Å². The second-order valence-electron chi connectivity index (χ2n) is 7.62. The molecule has 2 aromatic rings. The van der Waals surface area contributed by atoms with Gasteiger partial charge in [0.1, 0.15) is 0 Å². The maximum Gasteiger partial charge on any atom is 0.306 e. The van der Waals surface area contributed by atoms with E-state index in [4.69, 9.17) is 28.6 Å². The Hall–Kier alpha value is -2.64. The Labute approximate surface area is 193 Å². The zero-order valence-electron chi connectivity index (χ0n) is 17.6. The molecule has 0 aromatic heterocycles. The summed E-state index contributed by atoms with van der Waals surface area (Å²) < 4.78 is 5.17. The van der Waals surface area contributed by atoms with E-state index < -0.39 is 0 Å². The van der Waals surface area contributed by atoms with Crippen LogP contribution in [0.15, 0.2) is 48.5 Å². The van der Waals surface area contributed by atoms with Crippen molar-refractivity contribution in [2.75, 3.05) is 11.9 Å². The second kappa shape index (κ2) is 10.6. The number of thiocarbonyl (C=S) groups is 1. The summed E-state index contributed by atoms with van der Waals surface area (Å²) in [5.41, 5.74) is 2.85. The molecule has 1 amide bonds. The summed E-state index contributed by atoms with van der Waals surface area (Å²) in [7, 11) is 0. The van der Waals surface area contributed by atoms with Crippen LogP contribution in [0.25, 0.3) is 0 Å². The summed E-state index contributed by atoms with van der Waals surface area (Å²) in [5.74, 6) is -0.167. The number of carbonyl (C=O) groups is 2. The number of nitrogens with one attached hydrogen (secondary N) is 1. The molecule has 31 heavy (non-hydrogen) atoms. The number of carbonyl (C=O) groups excluding carboxylic acids is 2. The Bertz CT molecular complexity index is 932. The van der Waals surface area contributed by atoms with Gasteiger partial charge in [0.15, 0.2) is 5.11 Å². The molecule has 1 fully saturated rings. The van der Waals surface area contributed by atoms with Gasteiger partial charge in [-0.1, -0.05) is 35.9 Å². The average Bonchev–Trinajstić information content (AvgIpc) is 3.09. The fourth-order valence-electron chi connectivity index (χ4n) is 3.24. The third-order valence-electron chi connectivity index (χ3n) is 4.79. The predicted octanol–water partition coefficient (Wildman–Crippen LogP) is 4.57. The van der Waals surface area contributed by atoms with Crippen LogP contribution in [0.2, 0.25) is 5.02 Å². The number of esters is 1. The standard InChI is InChI=1S/C23H26ClN3O3S/c1-16(2)30-22(29)12-7-17-3-5-18(6-4-17)15-27-21(28)13-14-26(27)23(31)25-20-10-8-19(24)9-11-20/h3-6,8-11,16H,7,12-15H2,1-2H3,(H,25,31). The van der Waals surface area contributed by atoms with Gasteiger partial charge in [-0.15, -0.1) is 0 Å². The summed E-state index contributed by atoms with van der Waals surface area (Å²) >= 11 is 11.5. The maximum absolute atomic E-state index is 12.5. The highest BCUT2D eigenvalue weighted by molar-refractivity contribution is 7.80. The highest BCUT2D eigenvalue weighted by Gasteiger charge is 2.30. The molecule has 0 radical (unpaired) electrons. The number of aryl methyl sites for hydroxylation is 1. The van der Waals surface area contributed by atoms with Crippen molar-refractivity contribution in [1.29, 1.82) is 0 Å². The van der Waals surface area contributed by atoms with Crippen molar-refractivity contribution in [1.82, 2.24) is 10.0 Å². The fraction of sp³-hybridized carbons (Fsp3) is 0.348. The molecule has 3 rings (SSSR count). The van der Waals surface area contributed by atoms with Crippen molar-refractivity contribution in [3.63, 3.8) is 0 Å². The fourth-order valence-corrected chi connectivity index (χ4v) is 3.68. The molecule has 0 unspecified atom stereocenters. The summed E-state index contributed by atoms with van der Waals surface area (Å²) in [4.78, 5) is 24.2. The number of rotatable bonds is 7. The number of ether oxygens (including phenoxy) is 1. The molecule has 0 bridgehead atoms. The lowest BCUT2D eigenvalue weighted by Crippen LogP contribution is -2.44. The van der Waals surface area contributed by atoms with E-state index in [0.29, 0.717) is 42.5 Å². The molecule has 0 spiro atoms. The molecule has 1 heterocycles. The van der Waals surface area contributed by atoms with Gasteiger partial charge in [0.05, 0.1) is 19.2 Å².